The summed E-state index contributed by atoms with van der Waals surface area (Å²) in [4.78, 5) is 26.2. The van der Waals surface area contributed by atoms with E-state index in [9.17, 15) is 9.59 Å². The zero-order chi connectivity index (χ0) is 20.4. The number of nitrogens with zero attached hydrogens (tertiary/aromatic N) is 1. The normalized spacial score (nSPS) is 25.4. The minimum absolute atomic E-state index is 0.0344. The summed E-state index contributed by atoms with van der Waals surface area (Å²) >= 11 is 6.25. The summed E-state index contributed by atoms with van der Waals surface area (Å²) in [5.74, 6) is 0. The molecule has 1 aliphatic carbocycles. The molecule has 2 N–H and O–H groups in total. The fourth-order valence-corrected chi connectivity index (χ4v) is 4.43. The average molecular weight is 408 g/mol. The Morgan fingerprint density at radius 2 is 2.07 bits per heavy atom. The number of carbonyl (C=O) groups is 2. The van der Waals surface area contributed by atoms with Crippen LogP contribution in [0.3, 0.4) is 0 Å². The number of urea groups is 1. The van der Waals surface area contributed by atoms with Crippen molar-refractivity contribution in [2.75, 3.05) is 19.6 Å². The van der Waals surface area contributed by atoms with Crippen molar-refractivity contribution in [1.29, 1.82) is 0 Å². The molecule has 28 heavy (non-hydrogen) atoms. The Kier molecular flexibility index (Phi) is 6.08. The lowest BCUT2D eigenvalue weighted by Gasteiger charge is -2.43. The SMILES string of the molecule is CC(C)(C)OC(=O)NCC1(c2cccc(Cl)c2)CCC(N2CCNC2=O)CC1. The van der Waals surface area contributed by atoms with E-state index in [2.05, 4.69) is 16.7 Å². The van der Waals surface area contributed by atoms with Crippen molar-refractivity contribution in [2.45, 2.75) is 63.5 Å². The van der Waals surface area contributed by atoms with Gasteiger partial charge in [0.25, 0.3) is 0 Å². The molecule has 1 saturated carbocycles. The summed E-state index contributed by atoms with van der Waals surface area (Å²) in [6.45, 7) is 7.53. The number of hydrogen-bond acceptors (Lipinski definition) is 3. The Balaban J connectivity index is 1.73. The summed E-state index contributed by atoms with van der Waals surface area (Å²) in [5, 5.41) is 6.54. The van der Waals surface area contributed by atoms with Gasteiger partial charge < -0.3 is 20.3 Å². The first-order valence-electron chi connectivity index (χ1n) is 9.96. The average Bonchev–Trinajstić information content (AvgIpc) is 3.05. The van der Waals surface area contributed by atoms with E-state index in [1.807, 2.05) is 43.9 Å². The molecule has 154 valence electrons. The molecule has 1 aromatic carbocycles. The molecule has 3 amide bonds. The number of rotatable bonds is 4. The molecular formula is C21H30ClN3O3. The van der Waals surface area contributed by atoms with Crippen LogP contribution in [0.1, 0.15) is 52.0 Å². The predicted octanol–water partition coefficient (Wildman–Crippen LogP) is 4.07. The second-order valence-electron chi connectivity index (χ2n) is 8.80. The first-order chi connectivity index (χ1) is 13.2. The lowest BCUT2D eigenvalue weighted by Crippen LogP contribution is -2.48. The molecule has 2 aliphatic rings. The molecule has 0 spiro atoms. The van der Waals surface area contributed by atoms with Gasteiger partial charge in [-0.2, -0.15) is 0 Å². The van der Waals surface area contributed by atoms with Crippen LogP contribution in [0.5, 0.6) is 0 Å². The lowest BCUT2D eigenvalue weighted by atomic mass is 9.68. The van der Waals surface area contributed by atoms with Crippen LogP contribution in [0.25, 0.3) is 0 Å². The van der Waals surface area contributed by atoms with Crippen LogP contribution < -0.4 is 10.6 Å². The van der Waals surface area contributed by atoms with Crippen molar-refractivity contribution in [3.63, 3.8) is 0 Å². The largest absolute Gasteiger partial charge is 0.444 e. The molecule has 2 fully saturated rings. The van der Waals surface area contributed by atoms with E-state index in [0.29, 0.717) is 11.6 Å². The Bertz CT molecular complexity index is 724. The molecule has 3 rings (SSSR count). The molecule has 1 heterocycles. The zero-order valence-electron chi connectivity index (χ0n) is 16.9. The number of carbonyl (C=O) groups excluding carboxylic acids is 2. The van der Waals surface area contributed by atoms with Gasteiger partial charge in [-0.15, -0.1) is 0 Å². The van der Waals surface area contributed by atoms with Crippen LogP contribution in [0.15, 0.2) is 24.3 Å². The molecule has 1 aromatic rings. The first kappa shape index (κ1) is 20.8. The molecule has 6 nitrogen and oxygen atoms in total. The maximum absolute atomic E-state index is 12.2. The minimum Gasteiger partial charge on any atom is -0.444 e. The van der Waals surface area contributed by atoms with Crippen LogP contribution in [-0.2, 0) is 10.2 Å². The summed E-state index contributed by atoms with van der Waals surface area (Å²) in [5.41, 5.74) is 0.378. The van der Waals surface area contributed by atoms with E-state index in [4.69, 9.17) is 16.3 Å². The summed E-state index contributed by atoms with van der Waals surface area (Å²) < 4.78 is 5.41. The quantitative estimate of drug-likeness (QED) is 0.790. The van der Waals surface area contributed by atoms with E-state index in [1.165, 1.54) is 0 Å². The highest BCUT2D eigenvalue weighted by molar-refractivity contribution is 6.30. The second-order valence-corrected chi connectivity index (χ2v) is 9.24. The molecule has 1 saturated heterocycles. The van der Waals surface area contributed by atoms with Gasteiger partial charge in [0, 0.05) is 36.1 Å². The van der Waals surface area contributed by atoms with Gasteiger partial charge in [0.2, 0.25) is 0 Å². The molecule has 7 heteroatoms. The Labute approximate surface area is 171 Å². The monoisotopic (exact) mass is 407 g/mol. The molecule has 0 atom stereocenters. The van der Waals surface area contributed by atoms with Crippen molar-refractivity contribution >= 4 is 23.7 Å². The fraction of sp³-hybridized carbons (Fsp3) is 0.619. The van der Waals surface area contributed by atoms with Crippen LogP contribution in [0, 0.1) is 0 Å². The van der Waals surface area contributed by atoms with Gasteiger partial charge in [-0.05, 0) is 64.2 Å². The van der Waals surface area contributed by atoms with E-state index >= 15 is 0 Å². The van der Waals surface area contributed by atoms with Crippen molar-refractivity contribution in [1.82, 2.24) is 15.5 Å². The number of alkyl carbamates (subject to hydrolysis) is 1. The van der Waals surface area contributed by atoms with Gasteiger partial charge >= 0.3 is 12.1 Å². The van der Waals surface area contributed by atoms with Gasteiger partial charge in [-0.25, -0.2) is 9.59 Å². The van der Waals surface area contributed by atoms with Crippen LogP contribution in [0.4, 0.5) is 9.59 Å². The lowest BCUT2D eigenvalue weighted by molar-refractivity contribution is 0.0502. The van der Waals surface area contributed by atoms with Crippen molar-refractivity contribution in [3.8, 4) is 0 Å². The predicted molar refractivity (Wildman–Crippen MR) is 110 cm³/mol. The first-order valence-corrected chi connectivity index (χ1v) is 10.3. The molecule has 1 aliphatic heterocycles. The Morgan fingerprint density at radius 1 is 1.36 bits per heavy atom. The smallest absolute Gasteiger partial charge is 0.407 e. The third kappa shape index (κ3) is 4.90. The van der Waals surface area contributed by atoms with E-state index in [-0.39, 0.29) is 17.5 Å². The standard InChI is InChI=1S/C21H30ClN3O3/c1-20(2,3)28-19(27)24-14-21(15-5-4-6-16(22)13-15)9-7-17(8-10-21)25-12-11-23-18(25)26/h4-6,13,17H,7-12,14H2,1-3H3,(H,23,26)(H,24,27). The van der Waals surface area contributed by atoms with Gasteiger partial charge in [0.05, 0.1) is 0 Å². The maximum atomic E-state index is 12.2. The van der Waals surface area contributed by atoms with Crippen molar-refractivity contribution < 1.29 is 14.3 Å². The van der Waals surface area contributed by atoms with Gasteiger partial charge in [-0.1, -0.05) is 23.7 Å². The number of ether oxygens (including phenoxy) is 1. The highest BCUT2D eigenvalue weighted by atomic mass is 35.5. The number of benzene rings is 1. The number of nitrogens with one attached hydrogen (secondary N) is 2. The molecule has 0 bridgehead atoms. The Hall–Kier alpha value is -1.95. The third-order valence-electron chi connectivity index (χ3n) is 5.65. The van der Waals surface area contributed by atoms with Gasteiger partial charge in [0.1, 0.15) is 5.60 Å². The van der Waals surface area contributed by atoms with Crippen LogP contribution >= 0.6 is 11.6 Å². The molecular weight excluding hydrogens is 378 g/mol. The fourth-order valence-electron chi connectivity index (χ4n) is 4.24. The molecule has 0 unspecified atom stereocenters. The number of halogens is 1. The van der Waals surface area contributed by atoms with Crippen molar-refractivity contribution in [3.05, 3.63) is 34.9 Å². The van der Waals surface area contributed by atoms with Gasteiger partial charge in [0.15, 0.2) is 0 Å². The maximum Gasteiger partial charge on any atom is 0.407 e. The number of hydrogen-bond donors (Lipinski definition) is 2. The number of amides is 3. The molecule has 0 aromatic heterocycles. The van der Waals surface area contributed by atoms with E-state index < -0.39 is 11.7 Å². The van der Waals surface area contributed by atoms with Crippen LogP contribution in [0.2, 0.25) is 5.02 Å². The van der Waals surface area contributed by atoms with Crippen molar-refractivity contribution in [2.24, 2.45) is 0 Å². The summed E-state index contributed by atoms with van der Waals surface area (Å²) in [6, 6.07) is 8.16. The Morgan fingerprint density at radius 3 is 2.64 bits per heavy atom. The highest BCUT2D eigenvalue weighted by Gasteiger charge is 2.40. The topological polar surface area (TPSA) is 70.7 Å². The van der Waals surface area contributed by atoms with Crippen LogP contribution in [-0.4, -0.2) is 48.3 Å². The second kappa shape index (κ2) is 8.19. The highest BCUT2D eigenvalue weighted by Crippen LogP contribution is 2.41. The van der Waals surface area contributed by atoms with E-state index in [0.717, 1.165) is 44.3 Å². The van der Waals surface area contributed by atoms with Gasteiger partial charge in [-0.3, -0.25) is 0 Å². The summed E-state index contributed by atoms with van der Waals surface area (Å²) in [7, 11) is 0. The summed E-state index contributed by atoms with van der Waals surface area (Å²) in [6.07, 6.45) is 3.14. The minimum atomic E-state index is -0.534. The zero-order valence-corrected chi connectivity index (χ0v) is 17.6. The third-order valence-corrected chi connectivity index (χ3v) is 5.88. The molecule has 0 radical (unpaired) electrons. The van der Waals surface area contributed by atoms with E-state index in [1.54, 1.807) is 0 Å².